The lowest BCUT2D eigenvalue weighted by Gasteiger charge is -2.07. The van der Waals surface area contributed by atoms with Gasteiger partial charge in [0.15, 0.2) is 0 Å². The first kappa shape index (κ1) is 17.1. The van der Waals surface area contributed by atoms with Gasteiger partial charge in [-0.3, -0.25) is 9.78 Å². The lowest BCUT2D eigenvalue weighted by atomic mass is 10.2. The predicted octanol–water partition coefficient (Wildman–Crippen LogP) is 4.90. The number of anilines is 1. The number of benzene rings is 2. The molecule has 0 saturated heterocycles. The maximum Gasteiger partial charge on any atom is 0.255 e. The Labute approximate surface area is 148 Å². The first-order valence-electron chi connectivity index (χ1n) is 7.49. The van der Waals surface area contributed by atoms with E-state index >= 15 is 0 Å². The van der Waals surface area contributed by atoms with E-state index in [-0.39, 0.29) is 5.56 Å². The maximum atomic E-state index is 13.2. The molecule has 0 aliphatic rings. The van der Waals surface area contributed by atoms with Gasteiger partial charge in [0.05, 0.1) is 0 Å². The lowest BCUT2D eigenvalue weighted by Crippen LogP contribution is -2.12. The molecule has 1 amide bonds. The van der Waals surface area contributed by atoms with E-state index in [2.05, 4.69) is 10.3 Å². The summed E-state index contributed by atoms with van der Waals surface area (Å²) in [6.07, 6.45) is 3.55. The molecule has 1 N–H and O–H groups in total. The molecule has 0 saturated carbocycles. The van der Waals surface area contributed by atoms with E-state index in [9.17, 15) is 13.6 Å². The van der Waals surface area contributed by atoms with Crippen LogP contribution in [0, 0.1) is 11.6 Å². The van der Waals surface area contributed by atoms with Crippen molar-refractivity contribution in [3.05, 3.63) is 89.8 Å². The van der Waals surface area contributed by atoms with Crippen molar-refractivity contribution in [1.82, 2.24) is 4.98 Å². The number of rotatable bonds is 5. The number of carbonyl (C=O) groups is 1. The smallest absolute Gasteiger partial charge is 0.255 e. The fourth-order valence-electron chi connectivity index (χ4n) is 2.17. The number of hydrogen-bond donors (Lipinski definition) is 1. The number of halogens is 2. The summed E-state index contributed by atoms with van der Waals surface area (Å²) in [6.45, 7) is 0. The maximum absolute atomic E-state index is 13.2. The number of hydrogen-bond acceptors (Lipinski definition) is 3. The first-order valence-corrected chi connectivity index (χ1v) is 8.48. The summed E-state index contributed by atoms with van der Waals surface area (Å²) in [4.78, 5) is 17.2. The average molecular weight is 356 g/mol. The molecule has 3 nitrogen and oxygen atoms in total. The molecule has 25 heavy (non-hydrogen) atoms. The summed E-state index contributed by atoms with van der Waals surface area (Å²) in [5.41, 5.74) is 1.62. The van der Waals surface area contributed by atoms with Crippen LogP contribution in [0.1, 0.15) is 15.9 Å². The fraction of sp³-hybridized carbons (Fsp3) is 0.0526. The van der Waals surface area contributed by atoms with Crippen LogP contribution in [-0.2, 0) is 5.75 Å². The molecule has 6 heteroatoms. The van der Waals surface area contributed by atoms with Gasteiger partial charge in [-0.15, -0.1) is 11.8 Å². The van der Waals surface area contributed by atoms with Gasteiger partial charge in [0, 0.05) is 40.4 Å². The van der Waals surface area contributed by atoms with Gasteiger partial charge in [0.2, 0.25) is 0 Å². The summed E-state index contributed by atoms with van der Waals surface area (Å²) in [6, 6.07) is 13.9. The van der Waals surface area contributed by atoms with Crippen LogP contribution in [-0.4, -0.2) is 10.9 Å². The Morgan fingerprint density at radius 3 is 2.40 bits per heavy atom. The van der Waals surface area contributed by atoms with Crippen molar-refractivity contribution in [1.29, 1.82) is 0 Å². The second kappa shape index (κ2) is 7.90. The Bertz CT molecular complexity index is 850. The predicted molar refractivity (Wildman–Crippen MR) is 94.6 cm³/mol. The van der Waals surface area contributed by atoms with Gasteiger partial charge in [-0.2, -0.15) is 0 Å². The molecular weight excluding hydrogens is 342 g/mol. The fourth-order valence-corrected chi connectivity index (χ4v) is 3.01. The van der Waals surface area contributed by atoms with Crippen molar-refractivity contribution in [2.24, 2.45) is 0 Å². The highest BCUT2D eigenvalue weighted by Gasteiger charge is 2.09. The second-order valence-corrected chi connectivity index (χ2v) is 6.34. The minimum absolute atomic E-state index is 0.0625. The van der Waals surface area contributed by atoms with Crippen LogP contribution >= 0.6 is 11.8 Å². The Kier molecular flexibility index (Phi) is 5.40. The van der Waals surface area contributed by atoms with E-state index in [4.69, 9.17) is 0 Å². The van der Waals surface area contributed by atoms with Gasteiger partial charge >= 0.3 is 0 Å². The molecular formula is C19H14F2N2OS. The zero-order valence-electron chi connectivity index (χ0n) is 13.1. The molecule has 0 aliphatic carbocycles. The van der Waals surface area contributed by atoms with Gasteiger partial charge in [-0.25, -0.2) is 8.78 Å². The zero-order chi connectivity index (χ0) is 17.6. The Morgan fingerprint density at radius 2 is 1.76 bits per heavy atom. The summed E-state index contributed by atoms with van der Waals surface area (Å²) >= 11 is 1.65. The van der Waals surface area contributed by atoms with Crippen molar-refractivity contribution in [2.75, 3.05) is 5.32 Å². The number of thioether (sulfide) groups is 1. The number of aromatic nitrogens is 1. The van der Waals surface area contributed by atoms with Crippen molar-refractivity contribution >= 4 is 23.4 Å². The van der Waals surface area contributed by atoms with Gasteiger partial charge in [0.25, 0.3) is 5.91 Å². The van der Waals surface area contributed by atoms with Gasteiger partial charge < -0.3 is 5.32 Å². The molecule has 1 heterocycles. The topological polar surface area (TPSA) is 42.0 Å². The van der Waals surface area contributed by atoms with Gasteiger partial charge in [-0.1, -0.05) is 6.07 Å². The monoisotopic (exact) mass is 356 g/mol. The van der Waals surface area contributed by atoms with Crippen LogP contribution in [0.2, 0.25) is 0 Å². The summed E-state index contributed by atoms with van der Waals surface area (Å²) in [7, 11) is 0. The summed E-state index contributed by atoms with van der Waals surface area (Å²) < 4.78 is 26.4. The van der Waals surface area contributed by atoms with Crippen LogP contribution in [0.25, 0.3) is 0 Å². The largest absolute Gasteiger partial charge is 0.322 e. The average Bonchev–Trinajstić information content (AvgIpc) is 2.61. The van der Waals surface area contributed by atoms with E-state index in [0.29, 0.717) is 5.69 Å². The molecule has 3 rings (SSSR count). The highest BCUT2D eigenvalue weighted by Crippen LogP contribution is 2.24. The number of pyridine rings is 1. The number of carbonyl (C=O) groups excluding carboxylic acids is 1. The second-order valence-electron chi connectivity index (χ2n) is 5.29. The van der Waals surface area contributed by atoms with E-state index in [1.807, 2.05) is 30.5 Å². The molecule has 0 unspecified atom stereocenters. The van der Waals surface area contributed by atoms with Crippen LogP contribution in [0.4, 0.5) is 14.5 Å². The third-order valence-corrected chi connectivity index (χ3v) is 4.45. The first-order chi connectivity index (χ1) is 12.1. The third kappa shape index (κ3) is 4.87. The molecule has 0 aliphatic heterocycles. The highest BCUT2D eigenvalue weighted by molar-refractivity contribution is 7.98. The summed E-state index contributed by atoms with van der Waals surface area (Å²) in [5, 5.41) is 2.62. The lowest BCUT2D eigenvalue weighted by molar-refractivity contribution is 0.102. The molecule has 0 bridgehead atoms. The molecule has 3 aromatic rings. The molecule has 0 atom stereocenters. The Morgan fingerprint density at radius 1 is 1.04 bits per heavy atom. The Balaban J connectivity index is 1.61. The van der Waals surface area contributed by atoms with Crippen molar-refractivity contribution in [2.45, 2.75) is 10.6 Å². The minimum atomic E-state index is -0.785. The molecule has 126 valence electrons. The SMILES string of the molecule is O=C(Nc1ccc(SCc2cccnc2)cc1)c1cc(F)cc(F)c1. The van der Waals surface area contributed by atoms with Crippen LogP contribution in [0.3, 0.4) is 0 Å². The molecule has 0 radical (unpaired) electrons. The standard InChI is InChI=1S/C19H14F2N2OS/c20-15-8-14(9-16(21)10-15)19(24)23-17-3-5-18(6-4-17)25-12-13-2-1-7-22-11-13/h1-11H,12H2,(H,23,24). The van der Waals surface area contributed by atoms with Crippen molar-refractivity contribution < 1.29 is 13.6 Å². The van der Waals surface area contributed by atoms with E-state index in [1.54, 1.807) is 30.1 Å². The Hall–Kier alpha value is -2.73. The van der Waals surface area contributed by atoms with Crippen molar-refractivity contribution in [3.8, 4) is 0 Å². The third-order valence-electron chi connectivity index (χ3n) is 3.37. The molecule has 0 spiro atoms. The zero-order valence-corrected chi connectivity index (χ0v) is 13.9. The van der Waals surface area contributed by atoms with Gasteiger partial charge in [-0.05, 0) is 48.0 Å². The van der Waals surface area contributed by atoms with E-state index in [1.165, 1.54) is 0 Å². The van der Waals surface area contributed by atoms with Crippen molar-refractivity contribution in [3.63, 3.8) is 0 Å². The quantitative estimate of drug-likeness (QED) is 0.661. The van der Waals surface area contributed by atoms with Crippen LogP contribution in [0.15, 0.2) is 71.9 Å². The summed E-state index contributed by atoms with van der Waals surface area (Å²) in [5.74, 6) is -1.34. The van der Waals surface area contributed by atoms with E-state index in [0.717, 1.165) is 34.4 Å². The highest BCUT2D eigenvalue weighted by atomic mass is 32.2. The van der Waals surface area contributed by atoms with Crippen LogP contribution in [0.5, 0.6) is 0 Å². The number of amides is 1. The van der Waals surface area contributed by atoms with Gasteiger partial charge in [0.1, 0.15) is 11.6 Å². The van der Waals surface area contributed by atoms with E-state index < -0.39 is 17.5 Å². The minimum Gasteiger partial charge on any atom is -0.322 e. The number of nitrogens with one attached hydrogen (secondary N) is 1. The number of nitrogens with zero attached hydrogens (tertiary/aromatic N) is 1. The molecule has 1 aromatic heterocycles. The van der Waals surface area contributed by atoms with Crippen LogP contribution < -0.4 is 5.32 Å². The molecule has 2 aromatic carbocycles. The molecule has 0 fully saturated rings. The normalized spacial score (nSPS) is 10.5.